The Labute approximate surface area is 160 Å². The van der Waals surface area contributed by atoms with Gasteiger partial charge in [0, 0.05) is 30.3 Å². The van der Waals surface area contributed by atoms with Crippen molar-refractivity contribution in [2.45, 2.75) is 44.4 Å². The zero-order valence-corrected chi connectivity index (χ0v) is 15.4. The SMILES string of the molecule is CC1CC1c1nc(-c2cnc(N)c(OC(F)F)c2)cc(N2CC3CC2CO3)n1. The summed E-state index contributed by atoms with van der Waals surface area (Å²) in [7, 11) is 0. The van der Waals surface area contributed by atoms with Crippen LogP contribution >= 0.6 is 0 Å². The van der Waals surface area contributed by atoms with Crippen molar-refractivity contribution < 1.29 is 18.3 Å². The Bertz CT molecular complexity index is 912. The number of hydrogen-bond acceptors (Lipinski definition) is 7. The van der Waals surface area contributed by atoms with E-state index < -0.39 is 6.61 Å². The number of rotatable bonds is 5. The van der Waals surface area contributed by atoms with E-state index in [1.165, 1.54) is 12.3 Å². The van der Waals surface area contributed by atoms with Crippen molar-refractivity contribution in [1.29, 1.82) is 0 Å². The Morgan fingerprint density at radius 3 is 2.75 bits per heavy atom. The van der Waals surface area contributed by atoms with E-state index in [2.05, 4.69) is 21.5 Å². The second-order valence-electron chi connectivity index (χ2n) is 7.77. The summed E-state index contributed by atoms with van der Waals surface area (Å²) in [5.41, 5.74) is 6.87. The number of pyridine rings is 1. The standard InChI is InChI=1S/C19H21F2N5O2/c1-9-2-13(9)18-24-14(10-3-15(28-19(20)21)17(22)23-6-10)5-16(25-18)26-7-12-4-11(26)8-27-12/h3,5-6,9,11-13,19H,2,4,7-8H2,1H3,(H2,22,23). The summed E-state index contributed by atoms with van der Waals surface area (Å²) in [5.74, 6) is 2.28. The van der Waals surface area contributed by atoms with E-state index in [4.69, 9.17) is 20.4 Å². The predicted molar refractivity (Wildman–Crippen MR) is 98.3 cm³/mol. The summed E-state index contributed by atoms with van der Waals surface area (Å²) < 4.78 is 35.5. The highest BCUT2D eigenvalue weighted by atomic mass is 19.3. The van der Waals surface area contributed by atoms with Crippen molar-refractivity contribution in [3.63, 3.8) is 0 Å². The Kier molecular flexibility index (Phi) is 4.08. The lowest BCUT2D eigenvalue weighted by atomic mass is 10.1. The molecule has 5 rings (SSSR count). The lowest BCUT2D eigenvalue weighted by Gasteiger charge is -2.28. The first-order valence-corrected chi connectivity index (χ1v) is 9.46. The number of nitrogens with zero attached hydrogens (tertiary/aromatic N) is 4. The van der Waals surface area contributed by atoms with Crippen LogP contribution in [-0.4, -0.2) is 46.9 Å². The highest BCUT2D eigenvalue weighted by Gasteiger charge is 2.41. The summed E-state index contributed by atoms with van der Waals surface area (Å²) in [5, 5.41) is 0. The van der Waals surface area contributed by atoms with Crippen LogP contribution in [0.1, 0.15) is 31.5 Å². The lowest BCUT2D eigenvalue weighted by molar-refractivity contribution is -0.0494. The normalized spacial score (nSPS) is 28.2. The van der Waals surface area contributed by atoms with E-state index in [-0.39, 0.29) is 17.7 Å². The molecule has 0 spiro atoms. The molecule has 148 valence electrons. The minimum Gasteiger partial charge on any atom is -0.431 e. The molecule has 2 N–H and O–H groups in total. The van der Waals surface area contributed by atoms with Gasteiger partial charge in [0.2, 0.25) is 0 Å². The van der Waals surface area contributed by atoms with Gasteiger partial charge in [0.15, 0.2) is 11.6 Å². The molecule has 2 aromatic rings. The number of aromatic nitrogens is 3. The quantitative estimate of drug-likeness (QED) is 0.841. The molecule has 7 nitrogen and oxygen atoms in total. The van der Waals surface area contributed by atoms with Crippen LogP contribution in [0.5, 0.6) is 5.75 Å². The first-order chi connectivity index (χ1) is 13.5. The molecule has 2 aliphatic heterocycles. The zero-order chi connectivity index (χ0) is 19.4. The highest BCUT2D eigenvalue weighted by Crippen LogP contribution is 2.46. The molecular formula is C19H21F2N5O2. The molecular weight excluding hydrogens is 368 g/mol. The van der Waals surface area contributed by atoms with Gasteiger partial charge in [-0.3, -0.25) is 0 Å². The van der Waals surface area contributed by atoms with Gasteiger partial charge in [-0.15, -0.1) is 0 Å². The van der Waals surface area contributed by atoms with Crippen molar-refractivity contribution in [2.24, 2.45) is 5.92 Å². The predicted octanol–water partition coefficient (Wildman–Crippen LogP) is 2.82. The summed E-state index contributed by atoms with van der Waals surface area (Å²) in [4.78, 5) is 15.8. The molecule has 1 aliphatic carbocycles. The molecule has 1 saturated carbocycles. The molecule has 28 heavy (non-hydrogen) atoms. The van der Waals surface area contributed by atoms with Crippen molar-refractivity contribution in [2.75, 3.05) is 23.8 Å². The maximum Gasteiger partial charge on any atom is 0.387 e. The van der Waals surface area contributed by atoms with Crippen molar-refractivity contribution in [3.8, 4) is 17.0 Å². The number of halogens is 2. The molecule has 4 heterocycles. The van der Waals surface area contributed by atoms with Gasteiger partial charge in [0.1, 0.15) is 11.6 Å². The lowest BCUT2D eigenvalue weighted by Crippen LogP contribution is -2.37. The third kappa shape index (κ3) is 3.13. The third-order valence-corrected chi connectivity index (χ3v) is 5.76. The van der Waals surface area contributed by atoms with Crippen molar-refractivity contribution in [1.82, 2.24) is 15.0 Å². The minimum absolute atomic E-state index is 0.0802. The van der Waals surface area contributed by atoms with Gasteiger partial charge in [0.25, 0.3) is 0 Å². The number of nitrogens with two attached hydrogens (primary N) is 1. The van der Waals surface area contributed by atoms with Gasteiger partial charge >= 0.3 is 6.61 Å². The molecule has 3 aliphatic rings. The van der Waals surface area contributed by atoms with E-state index in [0.717, 1.165) is 31.0 Å². The third-order valence-electron chi connectivity index (χ3n) is 5.76. The molecule has 2 bridgehead atoms. The van der Waals surface area contributed by atoms with E-state index in [9.17, 15) is 8.78 Å². The molecule has 0 radical (unpaired) electrons. The maximum absolute atomic E-state index is 12.7. The van der Waals surface area contributed by atoms with Gasteiger partial charge < -0.3 is 20.1 Å². The van der Waals surface area contributed by atoms with Crippen LogP contribution in [0.15, 0.2) is 18.3 Å². The fraction of sp³-hybridized carbons (Fsp3) is 0.526. The fourth-order valence-electron chi connectivity index (χ4n) is 4.06. The molecule has 4 unspecified atom stereocenters. The number of nitrogen functional groups attached to an aromatic ring is 1. The van der Waals surface area contributed by atoms with Crippen LogP contribution < -0.4 is 15.4 Å². The zero-order valence-electron chi connectivity index (χ0n) is 15.4. The Morgan fingerprint density at radius 2 is 2.11 bits per heavy atom. The average molecular weight is 389 g/mol. The summed E-state index contributed by atoms with van der Waals surface area (Å²) in [6, 6.07) is 3.66. The number of alkyl halides is 2. The van der Waals surface area contributed by atoms with Gasteiger partial charge in [-0.1, -0.05) is 6.92 Å². The Morgan fingerprint density at radius 1 is 1.29 bits per heavy atom. The summed E-state index contributed by atoms with van der Waals surface area (Å²) >= 11 is 0. The largest absolute Gasteiger partial charge is 0.431 e. The smallest absolute Gasteiger partial charge is 0.387 e. The van der Waals surface area contributed by atoms with Gasteiger partial charge in [-0.2, -0.15) is 8.78 Å². The topological polar surface area (TPSA) is 86.4 Å². The number of anilines is 2. The minimum atomic E-state index is -2.97. The summed E-state index contributed by atoms with van der Waals surface area (Å²) in [6.45, 7) is 0.712. The number of morpholine rings is 1. The first-order valence-electron chi connectivity index (χ1n) is 9.46. The number of ether oxygens (including phenoxy) is 2. The fourth-order valence-corrected chi connectivity index (χ4v) is 4.06. The maximum atomic E-state index is 12.7. The molecule has 0 aromatic carbocycles. The first kappa shape index (κ1) is 17.5. The molecule has 9 heteroatoms. The van der Waals surface area contributed by atoms with Crippen molar-refractivity contribution in [3.05, 3.63) is 24.2 Å². The molecule has 2 aromatic heterocycles. The van der Waals surface area contributed by atoms with Crippen LogP contribution in [0, 0.1) is 5.92 Å². The average Bonchev–Trinajstić information content (AvgIpc) is 3.07. The van der Waals surface area contributed by atoms with Crippen LogP contribution in [0.3, 0.4) is 0 Å². The monoisotopic (exact) mass is 389 g/mol. The second kappa shape index (κ2) is 6.51. The molecule has 4 atom stereocenters. The van der Waals surface area contributed by atoms with Crippen molar-refractivity contribution >= 4 is 11.6 Å². The number of fused-ring (bicyclic) bond motifs is 2. The van der Waals surface area contributed by atoms with Gasteiger partial charge in [0.05, 0.1) is 24.4 Å². The summed E-state index contributed by atoms with van der Waals surface area (Å²) in [6.07, 6.45) is 3.83. The molecule has 0 amide bonds. The van der Waals surface area contributed by atoms with Gasteiger partial charge in [-0.05, 0) is 24.8 Å². The molecule has 2 saturated heterocycles. The molecule has 3 fully saturated rings. The number of hydrogen-bond donors (Lipinski definition) is 1. The van der Waals surface area contributed by atoms with Crippen LogP contribution in [0.25, 0.3) is 11.3 Å². The van der Waals surface area contributed by atoms with E-state index in [1.54, 1.807) is 0 Å². The second-order valence-corrected chi connectivity index (χ2v) is 7.77. The Balaban J connectivity index is 1.54. The van der Waals surface area contributed by atoms with Gasteiger partial charge in [-0.25, -0.2) is 15.0 Å². The highest BCUT2D eigenvalue weighted by molar-refractivity contribution is 5.67. The van der Waals surface area contributed by atoms with Crippen LogP contribution in [0.2, 0.25) is 0 Å². The van der Waals surface area contributed by atoms with Crippen LogP contribution in [-0.2, 0) is 4.74 Å². The van der Waals surface area contributed by atoms with Crippen LogP contribution in [0.4, 0.5) is 20.4 Å². The Hall–Kier alpha value is -2.55. The van der Waals surface area contributed by atoms with E-state index >= 15 is 0 Å². The van der Waals surface area contributed by atoms with E-state index in [0.29, 0.717) is 35.7 Å². The van der Waals surface area contributed by atoms with E-state index in [1.807, 2.05) is 6.07 Å².